The molecule has 0 spiro atoms. The molecule has 3 rings (SSSR count). The zero-order valence-electron chi connectivity index (χ0n) is 14.2. The first-order valence-electron chi connectivity index (χ1n) is 8.41. The molecule has 2 saturated heterocycles. The first-order chi connectivity index (χ1) is 11.4. The maximum absolute atomic E-state index is 13.0. The van der Waals surface area contributed by atoms with Crippen molar-refractivity contribution in [2.75, 3.05) is 13.1 Å². The quantitative estimate of drug-likeness (QED) is 0.800. The van der Waals surface area contributed by atoms with Crippen molar-refractivity contribution in [3.05, 3.63) is 30.1 Å². The fraction of sp³-hybridized carbons (Fsp3) is 0.588. The van der Waals surface area contributed by atoms with Crippen LogP contribution < -0.4 is 5.32 Å². The number of benzene rings is 1. The third-order valence-electron chi connectivity index (χ3n) is 5.08. The van der Waals surface area contributed by atoms with E-state index in [9.17, 15) is 17.6 Å². The summed E-state index contributed by atoms with van der Waals surface area (Å²) in [6.07, 6.45) is 2.85. The maximum atomic E-state index is 13.0. The van der Waals surface area contributed by atoms with E-state index in [2.05, 4.69) is 5.32 Å². The van der Waals surface area contributed by atoms with E-state index in [0.717, 1.165) is 44.5 Å². The van der Waals surface area contributed by atoms with Gasteiger partial charge in [-0.05, 0) is 57.0 Å². The minimum atomic E-state index is -3.64. The van der Waals surface area contributed by atoms with Gasteiger partial charge in [-0.3, -0.25) is 4.79 Å². The van der Waals surface area contributed by atoms with Crippen molar-refractivity contribution in [2.45, 2.75) is 54.8 Å². The standard InChI is InChI=1S/C17H23FN2O3S.ClH/c1-12(24(22,23)16-6-2-13(18)3-7-16)10-17(21)20-14-4-5-15(20)11-19-9-8-14;/h2-3,6-7,12,14-15,19H,4-5,8-11H2,1H3;1H. The summed E-state index contributed by atoms with van der Waals surface area (Å²) in [5, 5.41) is 2.50. The van der Waals surface area contributed by atoms with Gasteiger partial charge >= 0.3 is 0 Å². The molecule has 0 aromatic heterocycles. The van der Waals surface area contributed by atoms with E-state index in [4.69, 9.17) is 0 Å². The molecule has 2 aliphatic rings. The summed E-state index contributed by atoms with van der Waals surface area (Å²) >= 11 is 0. The summed E-state index contributed by atoms with van der Waals surface area (Å²) in [5.41, 5.74) is 0. The second kappa shape index (κ2) is 8.01. The molecule has 0 aliphatic carbocycles. The van der Waals surface area contributed by atoms with Gasteiger partial charge in [-0.25, -0.2) is 12.8 Å². The van der Waals surface area contributed by atoms with Gasteiger partial charge in [-0.15, -0.1) is 12.4 Å². The lowest BCUT2D eigenvalue weighted by Crippen LogP contribution is -2.44. The third-order valence-corrected chi connectivity index (χ3v) is 7.23. The van der Waals surface area contributed by atoms with E-state index in [1.165, 1.54) is 12.1 Å². The summed E-state index contributed by atoms with van der Waals surface area (Å²) in [4.78, 5) is 14.7. The fourth-order valence-corrected chi connectivity index (χ4v) is 5.05. The lowest BCUT2D eigenvalue weighted by atomic mass is 10.1. The molecule has 2 bridgehead atoms. The average Bonchev–Trinajstić information content (AvgIpc) is 2.80. The van der Waals surface area contributed by atoms with Gasteiger partial charge in [-0.1, -0.05) is 0 Å². The van der Waals surface area contributed by atoms with Gasteiger partial charge in [0.1, 0.15) is 5.82 Å². The Labute approximate surface area is 154 Å². The SMILES string of the molecule is CC(CC(=O)N1C2CCNCC1CC2)S(=O)(=O)c1ccc(F)cc1.Cl. The van der Waals surface area contributed by atoms with E-state index in [1.54, 1.807) is 6.92 Å². The number of fused-ring (bicyclic) bond motifs is 2. The molecule has 3 unspecified atom stereocenters. The van der Waals surface area contributed by atoms with Gasteiger partial charge in [0.15, 0.2) is 9.84 Å². The molecule has 1 amide bonds. The van der Waals surface area contributed by atoms with E-state index >= 15 is 0 Å². The molecular weight excluding hydrogens is 367 g/mol. The predicted octanol–water partition coefficient (Wildman–Crippen LogP) is 2.15. The zero-order valence-corrected chi connectivity index (χ0v) is 15.8. The van der Waals surface area contributed by atoms with Crippen LogP contribution in [-0.4, -0.2) is 49.6 Å². The lowest BCUT2D eigenvalue weighted by molar-refractivity contribution is -0.133. The molecule has 2 fully saturated rings. The van der Waals surface area contributed by atoms with E-state index in [-0.39, 0.29) is 41.7 Å². The Bertz CT molecular complexity index is 697. The highest BCUT2D eigenvalue weighted by atomic mass is 35.5. The normalized spacial score (nSPS) is 24.3. The summed E-state index contributed by atoms with van der Waals surface area (Å²) in [5.74, 6) is -0.573. The van der Waals surface area contributed by atoms with Crippen molar-refractivity contribution in [1.82, 2.24) is 10.2 Å². The number of amides is 1. The van der Waals surface area contributed by atoms with Crippen LogP contribution in [0.15, 0.2) is 29.2 Å². The van der Waals surface area contributed by atoms with Crippen molar-refractivity contribution >= 4 is 28.2 Å². The highest BCUT2D eigenvalue weighted by Crippen LogP contribution is 2.29. The summed E-state index contributed by atoms with van der Waals surface area (Å²) in [7, 11) is -3.64. The number of nitrogens with zero attached hydrogens (tertiary/aromatic N) is 1. The van der Waals surface area contributed by atoms with Crippen LogP contribution in [0.3, 0.4) is 0 Å². The molecule has 5 nitrogen and oxygen atoms in total. The number of hydrogen-bond donors (Lipinski definition) is 1. The lowest BCUT2D eigenvalue weighted by Gasteiger charge is -2.29. The van der Waals surface area contributed by atoms with Crippen LogP contribution in [0.4, 0.5) is 4.39 Å². The van der Waals surface area contributed by atoms with Gasteiger partial charge in [0.05, 0.1) is 10.1 Å². The van der Waals surface area contributed by atoms with Gasteiger partial charge in [0, 0.05) is 25.0 Å². The molecular formula is C17H24ClFN2O3S. The van der Waals surface area contributed by atoms with Gasteiger partial charge in [-0.2, -0.15) is 0 Å². The van der Waals surface area contributed by atoms with Crippen molar-refractivity contribution < 1.29 is 17.6 Å². The number of nitrogens with one attached hydrogen (secondary N) is 1. The molecule has 1 N–H and O–H groups in total. The second-order valence-electron chi connectivity index (χ2n) is 6.69. The minimum Gasteiger partial charge on any atom is -0.335 e. The van der Waals surface area contributed by atoms with Gasteiger partial charge in [0.2, 0.25) is 5.91 Å². The summed E-state index contributed by atoms with van der Waals surface area (Å²) < 4.78 is 38.2. The number of hydrogen-bond acceptors (Lipinski definition) is 4. The molecule has 25 heavy (non-hydrogen) atoms. The van der Waals surface area contributed by atoms with Gasteiger partial charge < -0.3 is 10.2 Å². The molecule has 2 heterocycles. The molecule has 0 saturated carbocycles. The number of sulfone groups is 1. The van der Waals surface area contributed by atoms with Crippen LogP contribution in [-0.2, 0) is 14.6 Å². The maximum Gasteiger partial charge on any atom is 0.224 e. The molecule has 1 aromatic rings. The smallest absolute Gasteiger partial charge is 0.224 e. The third kappa shape index (κ3) is 4.15. The largest absolute Gasteiger partial charge is 0.335 e. The van der Waals surface area contributed by atoms with Crippen LogP contribution >= 0.6 is 12.4 Å². The van der Waals surface area contributed by atoms with Crippen molar-refractivity contribution in [3.63, 3.8) is 0 Å². The molecule has 3 atom stereocenters. The van der Waals surface area contributed by atoms with Crippen LogP contribution in [0.5, 0.6) is 0 Å². The minimum absolute atomic E-state index is 0. The Balaban J connectivity index is 0.00000225. The topological polar surface area (TPSA) is 66.5 Å². The van der Waals surface area contributed by atoms with E-state index < -0.39 is 20.9 Å². The number of carbonyl (C=O) groups is 1. The predicted molar refractivity (Wildman–Crippen MR) is 96.1 cm³/mol. The Hall–Kier alpha value is -1.18. The number of halogens is 2. The van der Waals surface area contributed by atoms with Crippen LogP contribution in [0, 0.1) is 5.82 Å². The van der Waals surface area contributed by atoms with Crippen molar-refractivity contribution in [2.24, 2.45) is 0 Å². The van der Waals surface area contributed by atoms with Crippen LogP contribution in [0.25, 0.3) is 0 Å². The van der Waals surface area contributed by atoms with E-state index in [1.807, 2.05) is 4.90 Å². The van der Waals surface area contributed by atoms with Gasteiger partial charge in [0.25, 0.3) is 0 Å². The first kappa shape index (κ1) is 20.1. The highest BCUT2D eigenvalue weighted by molar-refractivity contribution is 7.92. The zero-order chi connectivity index (χ0) is 17.3. The summed E-state index contributed by atoms with van der Waals surface area (Å²) in [6, 6.07) is 5.16. The summed E-state index contributed by atoms with van der Waals surface area (Å²) in [6.45, 7) is 3.23. The molecule has 2 aliphatic heterocycles. The van der Waals surface area contributed by atoms with Crippen LogP contribution in [0.1, 0.15) is 32.6 Å². The van der Waals surface area contributed by atoms with Crippen molar-refractivity contribution in [1.29, 1.82) is 0 Å². The first-order valence-corrected chi connectivity index (χ1v) is 9.95. The monoisotopic (exact) mass is 390 g/mol. The van der Waals surface area contributed by atoms with Crippen molar-refractivity contribution in [3.8, 4) is 0 Å². The Morgan fingerprint density at radius 1 is 1.24 bits per heavy atom. The Kier molecular flexibility index (Phi) is 6.45. The molecule has 140 valence electrons. The molecule has 8 heteroatoms. The fourth-order valence-electron chi connectivity index (χ4n) is 3.71. The molecule has 0 radical (unpaired) electrons. The Morgan fingerprint density at radius 3 is 2.56 bits per heavy atom. The Morgan fingerprint density at radius 2 is 1.88 bits per heavy atom. The number of carbonyl (C=O) groups excluding carboxylic acids is 1. The highest BCUT2D eigenvalue weighted by Gasteiger charge is 2.39. The van der Waals surface area contributed by atoms with Crippen LogP contribution in [0.2, 0.25) is 0 Å². The average molecular weight is 391 g/mol. The second-order valence-corrected chi connectivity index (χ2v) is 9.06. The molecule has 1 aromatic carbocycles. The van der Waals surface area contributed by atoms with E-state index in [0.29, 0.717) is 0 Å². The number of rotatable bonds is 4.